The van der Waals surface area contributed by atoms with Crippen LogP contribution in [0.2, 0.25) is 0 Å². The Kier molecular flexibility index (Phi) is 7.33. The molecule has 1 aromatic heterocycles. The van der Waals surface area contributed by atoms with Crippen molar-refractivity contribution in [3.05, 3.63) is 77.0 Å². The molecule has 0 bridgehead atoms. The number of carbonyl (C=O) groups is 1. The Balaban J connectivity index is 1.73. The van der Waals surface area contributed by atoms with Crippen LogP contribution in [-0.2, 0) is 15.6 Å². The fourth-order valence-electron chi connectivity index (χ4n) is 4.43. The van der Waals surface area contributed by atoms with Gasteiger partial charge < -0.3 is 19.2 Å². The molecule has 1 atom stereocenters. The third kappa shape index (κ3) is 4.94. The maximum absolute atomic E-state index is 14.0. The van der Waals surface area contributed by atoms with Crippen LogP contribution in [0.1, 0.15) is 54.1 Å². The highest BCUT2D eigenvalue weighted by atomic mass is 32.2. The molecule has 7 nitrogen and oxygen atoms in total. The van der Waals surface area contributed by atoms with Crippen molar-refractivity contribution in [2.75, 3.05) is 19.6 Å². The Bertz CT molecular complexity index is 1420. The molecule has 1 unspecified atom stereocenters. The van der Waals surface area contributed by atoms with Gasteiger partial charge in [-0.3, -0.25) is 0 Å². The van der Waals surface area contributed by atoms with Gasteiger partial charge in [0.05, 0.1) is 16.9 Å². The summed E-state index contributed by atoms with van der Waals surface area (Å²) in [4.78, 5) is 14.3. The van der Waals surface area contributed by atoms with E-state index in [2.05, 4.69) is 4.90 Å². The van der Waals surface area contributed by atoms with E-state index in [9.17, 15) is 22.7 Å². The van der Waals surface area contributed by atoms with Crippen LogP contribution in [0.25, 0.3) is 17.2 Å². The Morgan fingerprint density at radius 3 is 2.58 bits per heavy atom. The van der Waals surface area contributed by atoms with Gasteiger partial charge in [0, 0.05) is 17.7 Å². The van der Waals surface area contributed by atoms with E-state index in [1.54, 1.807) is 31.2 Å². The smallest absolute Gasteiger partial charge is 0.339 e. The maximum Gasteiger partial charge on any atom is 0.339 e. The number of nitrogens with zero attached hydrogens (tertiary/aromatic N) is 1. The van der Waals surface area contributed by atoms with Gasteiger partial charge in [0.2, 0.25) is 0 Å². The summed E-state index contributed by atoms with van der Waals surface area (Å²) in [5.41, 5.74) is 1.32. The summed E-state index contributed by atoms with van der Waals surface area (Å²) in [6.07, 6.45) is 4.35. The van der Waals surface area contributed by atoms with E-state index in [-0.39, 0.29) is 27.3 Å². The lowest BCUT2D eigenvalue weighted by Crippen LogP contribution is -2.22. The lowest BCUT2D eigenvalue weighted by Gasteiger charge is -2.25. The summed E-state index contributed by atoms with van der Waals surface area (Å²) in [5.74, 6) is -1.76. The largest absolute Gasteiger partial charge is 0.481 e. The SMILES string of the molecule is CCN(CC)C/C=C\c1cc(F)ccc1S(=O)(=O)Cc1ccc2c(c1C(=O)O)OC(C)c1occc1-2. The number of carboxylic acid groups (broad SMARTS) is 1. The summed E-state index contributed by atoms with van der Waals surface area (Å²) in [6.45, 7) is 8.01. The second kappa shape index (κ2) is 10.3. The van der Waals surface area contributed by atoms with Crippen LogP contribution < -0.4 is 4.74 Å². The summed E-state index contributed by atoms with van der Waals surface area (Å²) in [7, 11) is -4.04. The molecule has 1 N–H and O–H groups in total. The molecular formula is C27H28FNO6S. The molecule has 2 aromatic carbocycles. The highest BCUT2D eigenvalue weighted by molar-refractivity contribution is 7.90. The fraction of sp³-hybridized carbons (Fsp3) is 0.296. The first-order valence-corrected chi connectivity index (χ1v) is 13.4. The summed E-state index contributed by atoms with van der Waals surface area (Å²) >= 11 is 0. The number of furan rings is 1. The van der Waals surface area contributed by atoms with Crippen molar-refractivity contribution < 1.29 is 31.9 Å². The highest BCUT2D eigenvalue weighted by Gasteiger charge is 2.32. The van der Waals surface area contributed by atoms with Crippen LogP contribution in [0.15, 0.2) is 58.1 Å². The Hall–Kier alpha value is -3.43. The van der Waals surface area contributed by atoms with Gasteiger partial charge in [-0.15, -0.1) is 0 Å². The molecule has 0 radical (unpaired) electrons. The van der Waals surface area contributed by atoms with E-state index in [0.717, 1.165) is 19.2 Å². The molecule has 9 heteroatoms. The van der Waals surface area contributed by atoms with Crippen LogP contribution in [-0.4, -0.2) is 44.0 Å². The van der Waals surface area contributed by atoms with Crippen LogP contribution >= 0.6 is 0 Å². The van der Waals surface area contributed by atoms with Gasteiger partial charge in [-0.1, -0.05) is 38.1 Å². The second-order valence-electron chi connectivity index (χ2n) is 8.57. The molecule has 0 amide bonds. The average molecular weight is 514 g/mol. The molecule has 2 heterocycles. The van der Waals surface area contributed by atoms with Crippen LogP contribution in [0.4, 0.5) is 4.39 Å². The van der Waals surface area contributed by atoms with E-state index in [4.69, 9.17) is 9.15 Å². The van der Waals surface area contributed by atoms with Crippen molar-refractivity contribution in [2.45, 2.75) is 37.5 Å². The number of hydrogen-bond acceptors (Lipinski definition) is 6. The highest BCUT2D eigenvalue weighted by Crippen LogP contribution is 2.46. The molecule has 36 heavy (non-hydrogen) atoms. The Morgan fingerprint density at radius 1 is 1.14 bits per heavy atom. The van der Waals surface area contributed by atoms with Crippen LogP contribution in [0.5, 0.6) is 5.75 Å². The fourth-order valence-corrected chi connectivity index (χ4v) is 5.99. The third-order valence-corrected chi connectivity index (χ3v) is 8.05. The Morgan fingerprint density at radius 2 is 1.89 bits per heavy atom. The molecule has 0 saturated heterocycles. The molecule has 3 aromatic rings. The zero-order valence-corrected chi connectivity index (χ0v) is 21.1. The number of fused-ring (bicyclic) bond motifs is 3. The molecule has 0 aliphatic carbocycles. The molecule has 0 spiro atoms. The topological polar surface area (TPSA) is 97.1 Å². The average Bonchev–Trinajstić information content (AvgIpc) is 3.32. The zero-order valence-electron chi connectivity index (χ0n) is 20.3. The minimum absolute atomic E-state index is 0.0693. The van der Waals surface area contributed by atoms with E-state index in [1.807, 2.05) is 13.8 Å². The van der Waals surface area contributed by atoms with E-state index in [1.165, 1.54) is 24.5 Å². The van der Waals surface area contributed by atoms with Crippen molar-refractivity contribution in [3.8, 4) is 16.9 Å². The quantitative estimate of drug-likeness (QED) is 0.374. The normalized spacial score (nSPS) is 15.1. The number of aromatic carboxylic acids is 1. The third-order valence-electron chi connectivity index (χ3n) is 6.31. The first kappa shape index (κ1) is 25.7. The molecule has 4 rings (SSSR count). The van der Waals surface area contributed by atoms with Gasteiger partial charge in [0.15, 0.2) is 21.7 Å². The number of halogens is 1. The van der Waals surface area contributed by atoms with Crippen LogP contribution in [0, 0.1) is 5.82 Å². The lowest BCUT2D eigenvalue weighted by atomic mass is 9.95. The van der Waals surface area contributed by atoms with Crippen molar-refractivity contribution in [3.63, 3.8) is 0 Å². The van der Waals surface area contributed by atoms with Crippen molar-refractivity contribution in [2.24, 2.45) is 0 Å². The molecule has 190 valence electrons. The van der Waals surface area contributed by atoms with Gasteiger partial charge >= 0.3 is 5.97 Å². The number of sulfone groups is 1. The number of ether oxygens (including phenoxy) is 1. The van der Waals surface area contributed by atoms with Gasteiger partial charge in [0.1, 0.15) is 17.1 Å². The molecule has 1 aliphatic rings. The number of likely N-dealkylation sites (N-methyl/N-ethyl adjacent to an activating group) is 1. The van der Waals surface area contributed by atoms with Crippen molar-refractivity contribution >= 4 is 21.9 Å². The van der Waals surface area contributed by atoms with E-state index >= 15 is 0 Å². The Labute approximate surface area is 209 Å². The summed E-state index contributed by atoms with van der Waals surface area (Å²) < 4.78 is 52.4. The maximum atomic E-state index is 14.0. The predicted molar refractivity (Wildman–Crippen MR) is 134 cm³/mol. The summed E-state index contributed by atoms with van der Waals surface area (Å²) in [5, 5.41) is 10.0. The lowest BCUT2D eigenvalue weighted by molar-refractivity contribution is 0.0687. The molecular weight excluding hydrogens is 485 g/mol. The van der Waals surface area contributed by atoms with Crippen molar-refractivity contribution in [1.29, 1.82) is 0 Å². The summed E-state index contributed by atoms with van der Waals surface area (Å²) in [6, 6.07) is 8.33. The van der Waals surface area contributed by atoms with Gasteiger partial charge in [-0.25, -0.2) is 17.6 Å². The standard InChI is InChI=1S/C27H28FNO6S/c1-4-29(5-2)13-6-7-18-15-20(28)9-11-23(18)36(32,33)16-19-8-10-21-22-12-14-34-25(22)17(3)35-26(21)24(19)27(30)31/h6-12,14-15,17H,4-5,13,16H2,1-3H3,(H,30,31)/b7-6-. The minimum atomic E-state index is -4.04. The molecule has 0 saturated carbocycles. The van der Waals surface area contributed by atoms with Crippen LogP contribution in [0.3, 0.4) is 0 Å². The number of rotatable bonds is 9. The number of carboxylic acids is 1. The molecule has 0 fully saturated rings. The van der Waals surface area contributed by atoms with Gasteiger partial charge in [-0.2, -0.15) is 0 Å². The van der Waals surface area contributed by atoms with E-state index in [0.29, 0.717) is 23.4 Å². The first-order valence-electron chi connectivity index (χ1n) is 11.7. The second-order valence-corrected chi connectivity index (χ2v) is 10.5. The predicted octanol–water partition coefficient (Wildman–Crippen LogP) is 5.57. The molecule has 1 aliphatic heterocycles. The van der Waals surface area contributed by atoms with E-state index < -0.39 is 33.5 Å². The monoisotopic (exact) mass is 513 g/mol. The van der Waals surface area contributed by atoms with Crippen molar-refractivity contribution in [1.82, 2.24) is 4.90 Å². The minimum Gasteiger partial charge on any atom is -0.481 e. The van der Waals surface area contributed by atoms with Gasteiger partial charge in [-0.05, 0) is 55.4 Å². The van der Waals surface area contributed by atoms with Gasteiger partial charge in [0.25, 0.3) is 0 Å². The first-order chi connectivity index (χ1) is 17.2. The number of hydrogen-bond donors (Lipinski definition) is 1. The number of benzene rings is 2. The zero-order chi connectivity index (χ0) is 26.0.